The Hall–Kier alpha value is -3.76. The Morgan fingerprint density at radius 1 is 0.900 bits per heavy atom. The number of rotatable bonds is 11. The summed E-state index contributed by atoms with van der Waals surface area (Å²) in [5.74, 6) is 2.21. The molecule has 1 N–H and O–H groups in total. The first-order valence-corrected chi connectivity index (χ1v) is 18.0. The van der Waals surface area contributed by atoms with Gasteiger partial charge < -0.3 is 13.9 Å². The van der Waals surface area contributed by atoms with Crippen LogP contribution in [-0.4, -0.2) is 99.4 Å². The first kappa shape index (κ1) is 37.5. The third-order valence-corrected chi connectivity index (χ3v) is 10.7. The van der Waals surface area contributed by atoms with Crippen LogP contribution in [0.25, 0.3) is 0 Å². The van der Waals surface area contributed by atoms with E-state index in [1.165, 1.54) is 0 Å². The van der Waals surface area contributed by atoms with Crippen molar-refractivity contribution < 1.29 is 18.3 Å². The summed E-state index contributed by atoms with van der Waals surface area (Å²) in [6.45, 7) is 12.1. The molecule has 0 bridgehead atoms. The first-order valence-electron chi connectivity index (χ1n) is 17.3. The molecule has 7 nitrogen and oxygen atoms in total. The summed E-state index contributed by atoms with van der Waals surface area (Å²) >= 11 is 13.0. The number of quaternary nitrogens is 2. The maximum atomic E-state index is 14.4. The van der Waals surface area contributed by atoms with Gasteiger partial charge in [0.15, 0.2) is 18.0 Å². The minimum Gasteiger partial charge on any atom is -0.344 e. The SMILES string of the molecule is CC1(C)C(/C=C2\C(=O)C(/C=C3\N(CCC[N+](C)(C)C)c4ccc(Cl)cc4C3(C)C)=C2C(=C=N)C#N)=[N+](CCC[N+](C)(C)C)c2ccc(Cl)cc21. The Labute approximate surface area is 308 Å². The number of anilines is 1. The van der Waals surface area contributed by atoms with Gasteiger partial charge in [-0.1, -0.05) is 37.0 Å². The Bertz CT molecular complexity index is 1990. The first-order chi connectivity index (χ1) is 23.2. The van der Waals surface area contributed by atoms with E-state index in [0.717, 1.165) is 81.9 Å². The number of allylic oxidation sites excluding steroid dienone is 7. The Morgan fingerprint density at radius 3 is 2.10 bits per heavy atom. The number of carbonyl (C=O) groups is 1. The van der Waals surface area contributed by atoms with E-state index >= 15 is 0 Å². The summed E-state index contributed by atoms with van der Waals surface area (Å²) in [7, 11) is 13.1. The van der Waals surface area contributed by atoms with Gasteiger partial charge in [-0.2, -0.15) is 9.84 Å². The summed E-state index contributed by atoms with van der Waals surface area (Å²) in [4.78, 5) is 16.7. The zero-order chi connectivity index (χ0) is 37.0. The molecule has 2 heterocycles. The maximum Gasteiger partial charge on any atom is 0.209 e. The average molecular weight is 715 g/mol. The molecule has 9 heteroatoms. The molecule has 0 saturated heterocycles. The van der Waals surface area contributed by atoms with E-state index in [-0.39, 0.29) is 11.4 Å². The lowest BCUT2D eigenvalue weighted by atomic mass is 9.73. The number of carbonyl (C=O) groups excluding carboxylic acids is 1. The fourth-order valence-electron chi connectivity index (χ4n) is 7.52. The third kappa shape index (κ3) is 7.06. The van der Waals surface area contributed by atoms with Gasteiger partial charge in [-0.25, -0.2) is 0 Å². The number of nitriles is 1. The normalized spacial score (nSPS) is 19.5. The fraction of sp³-hybridized carbons (Fsp3) is 0.439. The van der Waals surface area contributed by atoms with E-state index in [2.05, 4.69) is 104 Å². The topological polar surface area (TPSA) is 71.0 Å². The standard InChI is InChI=1S/C41H51Cl2N6O/c1-40(2)32-21-28(42)13-15-34(32)46(17-11-19-48(5,6)7)36(40)23-30-38(27(25-44)26-45)31(39(30)50)24-37-41(3,4)33-22-29(43)14-16-35(33)47(37)18-12-20-49(8,9)10/h13-16,21-24,44H,11-12,17-20H2,1-10H3/q+3. The van der Waals surface area contributed by atoms with Crippen LogP contribution in [-0.2, 0) is 15.6 Å². The second-order valence-electron chi connectivity index (χ2n) is 16.8. The molecule has 0 spiro atoms. The molecule has 50 heavy (non-hydrogen) atoms. The van der Waals surface area contributed by atoms with E-state index in [1.807, 2.05) is 36.4 Å². The highest BCUT2D eigenvalue weighted by atomic mass is 35.5. The Morgan fingerprint density at radius 2 is 1.50 bits per heavy atom. The number of benzene rings is 2. The molecule has 0 radical (unpaired) electrons. The predicted octanol–water partition coefficient (Wildman–Crippen LogP) is 7.75. The molecule has 0 atom stereocenters. The molecule has 5 rings (SSSR count). The van der Waals surface area contributed by atoms with Crippen LogP contribution in [0.4, 0.5) is 11.4 Å². The summed E-state index contributed by atoms with van der Waals surface area (Å²) in [6, 6.07) is 14.1. The van der Waals surface area contributed by atoms with Gasteiger partial charge >= 0.3 is 0 Å². The van der Waals surface area contributed by atoms with E-state index < -0.39 is 10.8 Å². The van der Waals surface area contributed by atoms with Crippen LogP contribution in [0.15, 0.2) is 76.5 Å². The highest BCUT2D eigenvalue weighted by Crippen LogP contribution is 2.51. The lowest BCUT2D eigenvalue weighted by Gasteiger charge is -2.31. The lowest BCUT2D eigenvalue weighted by Crippen LogP contribution is -2.38. The van der Waals surface area contributed by atoms with Gasteiger partial charge in [0.2, 0.25) is 5.69 Å². The number of Topliss-reactive ketones (excluding diaryl/α,β-unsaturated/α-hetero) is 1. The van der Waals surface area contributed by atoms with Crippen LogP contribution < -0.4 is 4.90 Å². The van der Waals surface area contributed by atoms with E-state index in [4.69, 9.17) is 28.6 Å². The smallest absolute Gasteiger partial charge is 0.209 e. The number of ketones is 1. The van der Waals surface area contributed by atoms with Crippen molar-refractivity contribution in [3.05, 3.63) is 97.7 Å². The summed E-state index contributed by atoms with van der Waals surface area (Å²) in [5, 5.41) is 19.6. The van der Waals surface area contributed by atoms with Crippen molar-refractivity contribution in [2.45, 2.75) is 51.4 Å². The molecular weight excluding hydrogens is 663 g/mol. The highest BCUT2D eigenvalue weighted by Gasteiger charge is 2.48. The fourth-order valence-corrected chi connectivity index (χ4v) is 7.87. The summed E-state index contributed by atoms with van der Waals surface area (Å²) in [5.41, 5.74) is 6.74. The van der Waals surface area contributed by atoms with Crippen molar-refractivity contribution >= 4 is 51.9 Å². The molecule has 0 fully saturated rings. The second kappa shape index (κ2) is 13.4. The van der Waals surface area contributed by atoms with Gasteiger partial charge in [-0.3, -0.25) is 10.2 Å². The van der Waals surface area contributed by atoms with Gasteiger partial charge in [0.05, 0.1) is 67.2 Å². The number of nitrogens with zero attached hydrogens (tertiary/aromatic N) is 5. The molecule has 0 amide bonds. The van der Waals surface area contributed by atoms with E-state index in [0.29, 0.717) is 26.8 Å². The van der Waals surface area contributed by atoms with Crippen molar-refractivity contribution in [2.75, 3.05) is 73.4 Å². The number of nitrogens with one attached hydrogen (secondary N) is 1. The van der Waals surface area contributed by atoms with Gasteiger partial charge in [-0.05, 0) is 61.7 Å². The molecule has 0 unspecified atom stereocenters. The zero-order valence-corrected chi connectivity index (χ0v) is 32.8. The third-order valence-electron chi connectivity index (χ3n) is 10.2. The average Bonchev–Trinajstić information content (AvgIpc) is 3.34. The lowest BCUT2D eigenvalue weighted by molar-refractivity contribution is -0.871. The summed E-state index contributed by atoms with van der Waals surface area (Å²) in [6.07, 6.45) is 5.77. The predicted molar refractivity (Wildman–Crippen MR) is 206 cm³/mol. The van der Waals surface area contributed by atoms with Gasteiger partial charge in [0, 0.05) is 74.2 Å². The Kier molecular flexibility index (Phi) is 10.1. The minimum atomic E-state index is -0.457. The van der Waals surface area contributed by atoms with E-state index in [1.54, 1.807) is 0 Å². The minimum absolute atomic E-state index is 0.0455. The van der Waals surface area contributed by atoms with Crippen LogP contribution >= 0.6 is 23.2 Å². The van der Waals surface area contributed by atoms with Crippen molar-refractivity contribution in [1.29, 1.82) is 10.7 Å². The largest absolute Gasteiger partial charge is 0.344 e. The molecule has 0 saturated carbocycles. The van der Waals surface area contributed by atoms with Crippen LogP contribution in [0.3, 0.4) is 0 Å². The van der Waals surface area contributed by atoms with Gasteiger partial charge in [0.25, 0.3) is 0 Å². The molecule has 3 aliphatic rings. The van der Waals surface area contributed by atoms with Crippen molar-refractivity contribution in [1.82, 2.24) is 0 Å². The summed E-state index contributed by atoms with van der Waals surface area (Å²) < 4.78 is 3.99. The highest BCUT2D eigenvalue weighted by molar-refractivity contribution is 6.31. The molecule has 2 aliphatic heterocycles. The second-order valence-corrected chi connectivity index (χ2v) is 17.7. The quantitative estimate of drug-likeness (QED) is 0.0852. The van der Waals surface area contributed by atoms with Gasteiger partial charge in [0.1, 0.15) is 11.6 Å². The monoisotopic (exact) mass is 713 g/mol. The molecule has 262 valence electrons. The maximum absolute atomic E-state index is 14.4. The molecule has 0 aromatic heterocycles. The molecule has 1 aliphatic carbocycles. The zero-order valence-electron chi connectivity index (χ0n) is 31.3. The number of fused-ring (bicyclic) bond motifs is 2. The van der Waals surface area contributed by atoms with Gasteiger partial charge in [-0.15, -0.1) is 0 Å². The molecular formula is C41H51Cl2N6O+3. The van der Waals surface area contributed by atoms with E-state index in [9.17, 15) is 10.1 Å². The molecule has 2 aromatic rings. The Balaban J connectivity index is 1.67. The van der Waals surface area contributed by atoms with Crippen LogP contribution in [0.1, 0.15) is 51.7 Å². The van der Waals surface area contributed by atoms with Crippen molar-refractivity contribution in [3.8, 4) is 6.07 Å². The number of halogens is 2. The van der Waals surface area contributed by atoms with Crippen molar-refractivity contribution in [3.63, 3.8) is 0 Å². The number of hydrogen-bond acceptors (Lipinski definition) is 4. The molecule has 2 aromatic carbocycles. The van der Waals surface area contributed by atoms with Crippen molar-refractivity contribution in [2.24, 2.45) is 0 Å². The van der Waals surface area contributed by atoms with Crippen LogP contribution in [0.2, 0.25) is 10.0 Å². The number of hydrogen-bond donors (Lipinski definition) is 1. The van der Waals surface area contributed by atoms with Crippen LogP contribution in [0.5, 0.6) is 0 Å². The van der Waals surface area contributed by atoms with Crippen LogP contribution in [0, 0.1) is 16.7 Å².